The van der Waals surface area contributed by atoms with Crippen LogP contribution in [0.2, 0.25) is 0 Å². The van der Waals surface area contributed by atoms with Crippen LogP contribution in [0, 0.1) is 27.7 Å². The van der Waals surface area contributed by atoms with Crippen molar-refractivity contribution in [1.29, 1.82) is 0 Å². The van der Waals surface area contributed by atoms with E-state index in [1.165, 1.54) is 15.9 Å². The number of nitrogens with zero attached hydrogens (tertiary/aromatic N) is 3. The maximum Gasteiger partial charge on any atom is 0.281 e. The molecular formula is C14H16N4O2S2. The SMILES string of the molecule is Cc1ccc(C)c(NS(=O)(=O)c2c(C)nc3sc(C)nn23)c1. The van der Waals surface area contributed by atoms with E-state index < -0.39 is 10.0 Å². The summed E-state index contributed by atoms with van der Waals surface area (Å²) in [5.74, 6) is 0. The van der Waals surface area contributed by atoms with Gasteiger partial charge in [0.05, 0.1) is 11.4 Å². The molecule has 3 aromatic rings. The van der Waals surface area contributed by atoms with E-state index in [0.717, 1.165) is 16.1 Å². The molecule has 8 heteroatoms. The minimum absolute atomic E-state index is 0.0905. The first kappa shape index (κ1) is 15.0. The normalized spacial score (nSPS) is 12.0. The lowest BCUT2D eigenvalue weighted by Gasteiger charge is -2.11. The van der Waals surface area contributed by atoms with E-state index in [9.17, 15) is 8.42 Å². The summed E-state index contributed by atoms with van der Waals surface area (Å²) in [5, 5.41) is 5.10. The number of hydrogen-bond acceptors (Lipinski definition) is 5. The molecule has 0 unspecified atom stereocenters. The van der Waals surface area contributed by atoms with E-state index in [0.29, 0.717) is 16.3 Å². The lowest BCUT2D eigenvalue weighted by molar-refractivity contribution is 0.592. The fourth-order valence-electron chi connectivity index (χ4n) is 2.27. The van der Waals surface area contributed by atoms with Crippen molar-refractivity contribution in [3.63, 3.8) is 0 Å². The standard InChI is InChI=1S/C14H16N4O2S2/c1-8-5-6-9(2)12(7-8)17-22(19,20)13-10(3)15-14-18(13)16-11(4)21-14/h5-7,17H,1-4H3. The lowest BCUT2D eigenvalue weighted by atomic mass is 10.1. The fraction of sp³-hybridized carbons (Fsp3) is 0.286. The quantitative estimate of drug-likeness (QED) is 0.798. The second-order valence-electron chi connectivity index (χ2n) is 5.24. The van der Waals surface area contributed by atoms with Crippen molar-refractivity contribution in [2.24, 2.45) is 0 Å². The molecule has 0 bridgehead atoms. The number of benzene rings is 1. The van der Waals surface area contributed by atoms with E-state index in [2.05, 4.69) is 14.8 Å². The van der Waals surface area contributed by atoms with Crippen molar-refractivity contribution >= 4 is 32.0 Å². The van der Waals surface area contributed by atoms with Gasteiger partial charge in [0, 0.05) is 0 Å². The maximum absolute atomic E-state index is 12.8. The van der Waals surface area contributed by atoms with Crippen LogP contribution < -0.4 is 4.72 Å². The van der Waals surface area contributed by atoms with Crippen LogP contribution in [0.4, 0.5) is 5.69 Å². The minimum Gasteiger partial charge on any atom is -0.278 e. The zero-order valence-corrected chi connectivity index (χ0v) is 14.3. The Morgan fingerprint density at radius 1 is 1.18 bits per heavy atom. The van der Waals surface area contributed by atoms with Crippen molar-refractivity contribution in [2.75, 3.05) is 4.72 Å². The molecule has 1 N–H and O–H groups in total. The van der Waals surface area contributed by atoms with Gasteiger partial charge in [0.1, 0.15) is 5.01 Å². The summed E-state index contributed by atoms with van der Waals surface area (Å²) in [6.07, 6.45) is 0. The molecule has 0 saturated carbocycles. The molecular weight excluding hydrogens is 320 g/mol. The number of fused-ring (bicyclic) bond motifs is 1. The molecule has 3 rings (SSSR count). The molecule has 116 valence electrons. The second kappa shape index (κ2) is 5.06. The van der Waals surface area contributed by atoms with Gasteiger partial charge in [0.2, 0.25) is 9.99 Å². The van der Waals surface area contributed by atoms with E-state index >= 15 is 0 Å². The Hall–Kier alpha value is -1.93. The Morgan fingerprint density at radius 2 is 1.91 bits per heavy atom. The van der Waals surface area contributed by atoms with E-state index in [1.54, 1.807) is 6.92 Å². The maximum atomic E-state index is 12.8. The largest absolute Gasteiger partial charge is 0.281 e. The molecule has 0 spiro atoms. The third-order valence-electron chi connectivity index (χ3n) is 3.32. The number of rotatable bonds is 3. The van der Waals surface area contributed by atoms with Gasteiger partial charge in [0.25, 0.3) is 10.0 Å². The van der Waals surface area contributed by atoms with Gasteiger partial charge in [-0.05, 0) is 44.9 Å². The summed E-state index contributed by atoms with van der Waals surface area (Å²) < 4.78 is 29.6. The van der Waals surface area contributed by atoms with Crippen LogP contribution in [0.1, 0.15) is 21.8 Å². The van der Waals surface area contributed by atoms with Crippen molar-refractivity contribution in [1.82, 2.24) is 14.6 Å². The second-order valence-corrected chi connectivity index (χ2v) is 8.00. The molecule has 0 fully saturated rings. The molecule has 2 heterocycles. The molecule has 0 aliphatic carbocycles. The number of anilines is 1. The smallest absolute Gasteiger partial charge is 0.278 e. The zero-order chi connectivity index (χ0) is 16.1. The minimum atomic E-state index is -3.76. The molecule has 1 aromatic carbocycles. The van der Waals surface area contributed by atoms with Gasteiger partial charge < -0.3 is 0 Å². The van der Waals surface area contributed by atoms with Gasteiger partial charge >= 0.3 is 0 Å². The Bertz CT molecular complexity index is 970. The average molecular weight is 336 g/mol. The van der Waals surface area contributed by atoms with Gasteiger partial charge in [-0.2, -0.15) is 18.0 Å². The third-order valence-corrected chi connectivity index (χ3v) is 5.61. The van der Waals surface area contributed by atoms with Gasteiger partial charge in [0.15, 0.2) is 0 Å². The number of imidazole rings is 1. The van der Waals surface area contributed by atoms with Crippen LogP contribution in [0.15, 0.2) is 23.2 Å². The molecule has 22 heavy (non-hydrogen) atoms. The molecule has 6 nitrogen and oxygen atoms in total. The molecule has 0 atom stereocenters. The zero-order valence-electron chi connectivity index (χ0n) is 12.7. The van der Waals surface area contributed by atoms with Crippen LogP contribution in [0.5, 0.6) is 0 Å². The Labute approximate surface area is 132 Å². The first-order chi connectivity index (χ1) is 10.3. The van der Waals surface area contributed by atoms with E-state index in [-0.39, 0.29) is 5.03 Å². The summed E-state index contributed by atoms with van der Waals surface area (Å²) in [5.41, 5.74) is 2.86. The highest BCUT2D eigenvalue weighted by molar-refractivity contribution is 7.92. The number of hydrogen-bond donors (Lipinski definition) is 1. The third kappa shape index (κ3) is 2.48. The van der Waals surface area contributed by atoms with Crippen molar-refractivity contribution in [3.8, 4) is 0 Å². The summed E-state index contributed by atoms with van der Waals surface area (Å²) in [4.78, 5) is 4.86. The predicted octanol–water partition coefficient (Wildman–Crippen LogP) is 2.83. The fourth-order valence-corrected chi connectivity index (χ4v) is 4.51. The predicted molar refractivity (Wildman–Crippen MR) is 87.1 cm³/mol. The highest BCUT2D eigenvalue weighted by Crippen LogP contribution is 2.25. The summed E-state index contributed by atoms with van der Waals surface area (Å²) in [6, 6.07) is 5.64. The van der Waals surface area contributed by atoms with E-state index in [4.69, 9.17) is 0 Å². The van der Waals surface area contributed by atoms with Crippen molar-refractivity contribution < 1.29 is 8.42 Å². The molecule has 0 saturated heterocycles. The van der Waals surface area contributed by atoms with Crippen molar-refractivity contribution in [2.45, 2.75) is 32.7 Å². The summed E-state index contributed by atoms with van der Waals surface area (Å²) in [7, 11) is -3.76. The van der Waals surface area contributed by atoms with Crippen molar-refractivity contribution in [3.05, 3.63) is 40.0 Å². The first-order valence-corrected chi connectivity index (χ1v) is 9.01. The van der Waals surface area contributed by atoms with Crippen LogP contribution >= 0.6 is 11.3 Å². The van der Waals surface area contributed by atoms with Crippen LogP contribution in [0.3, 0.4) is 0 Å². The molecule has 0 aliphatic heterocycles. The number of sulfonamides is 1. The molecule has 0 aliphatic rings. The van der Waals surface area contributed by atoms with Crippen LogP contribution in [0.25, 0.3) is 4.96 Å². The molecule has 0 radical (unpaired) electrons. The van der Waals surface area contributed by atoms with Gasteiger partial charge in [-0.1, -0.05) is 23.5 Å². The van der Waals surface area contributed by atoms with Crippen LogP contribution in [-0.4, -0.2) is 23.0 Å². The summed E-state index contributed by atoms with van der Waals surface area (Å²) >= 11 is 1.36. The molecule has 0 amide bonds. The Balaban J connectivity index is 2.12. The Kier molecular flexibility index (Phi) is 3.45. The topological polar surface area (TPSA) is 76.4 Å². The highest BCUT2D eigenvalue weighted by Gasteiger charge is 2.25. The average Bonchev–Trinajstić information content (AvgIpc) is 2.87. The van der Waals surface area contributed by atoms with E-state index in [1.807, 2.05) is 39.0 Å². The van der Waals surface area contributed by atoms with Gasteiger partial charge in [-0.15, -0.1) is 0 Å². The number of aromatic nitrogens is 3. The van der Waals surface area contributed by atoms with Gasteiger partial charge in [-0.3, -0.25) is 4.72 Å². The molecule has 2 aromatic heterocycles. The number of aryl methyl sites for hydroxylation is 4. The number of nitrogens with one attached hydrogen (secondary N) is 1. The first-order valence-electron chi connectivity index (χ1n) is 6.71. The highest BCUT2D eigenvalue weighted by atomic mass is 32.2. The van der Waals surface area contributed by atoms with Gasteiger partial charge in [-0.25, -0.2) is 4.98 Å². The lowest BCUT2D eigenvalue weighted by Crippen LogP contribution is -2.17. The Morgan fingerprint density at radius 3 is 2.64 bits per heavy atom. The monoisotopic (exact) mass is 336 g/mol. The van der Waals surface area contributed by atoms with Crippen LogP contribution in [-0.2, 0) is 10.0 Å². The summed E-state index contributed by atoms with van der Waals surface area (Å²) in [6.45, 7) is 7.28.